The van der Waals surface area contributed by atoms with E-state index in [1.807, 2.05) is 36.4 Å². The molecule has 1 aliphatic rings. The van der Waals surface area contributed by atoms with Crippen molar-refractivity contribution in [3.8, 4) is 22.5 Å². The van der Waals surface area contributed by atoms with Crippen LogP contribution in [0.15, 0.2) is 80.7 Å². The summed E-state index contributed by atoms with van der Waals surface area (Å²) in [6.45, 7) is 0. The van der Waals surface area contributed by atoms with Gasteiger partial charge in [0.05, 0.1) is 11.9 Å². The zero-order valence-corrected chi connectivity index (χ0v) is 18.9. The minimum atomic E-state index is -0.811. The normalized spacial score (nSPS) is 15.8. The molecule has 3 aromatic heterocycles. The number of oxazole rings is 1. The van der Waals surface area contributed by atoms with E-state index in [-0.39, 0.29) is 18.7 Å². The van der Waals surface area contributed by atoms with Gasteiger partial charge in [0.2, 0.25) is 23.5 Å². The lowest BCUT2D eigenvalue weighted by Gasteiger charge is -2.21. The Hall–Kier alpha value is -4.86. The van der Waals surface area contributed by atoms with E-state index in [1.165, 1.54) is 4.57 Å². The number of rotatable bonds is 5. The highest BCUT2D eigenvalue weighted by Gasteiger charge is 2.31. The van der Waals surface area contributed by atoms with Crippen LogP contribution in [0.25, 0.3) is 33.6 Å². The maximum atomic E-state index is 12.5. The smallest absolute Gasteiger partial charge is 0.408 e. The molecule has 1 atom stereocenters. The monoisotopic (exact) mass is 481 g/mol. The summed E-state index contributed by atoms with van der Waals surface area (Å²) in [5.74, 6) is -0.651. The first-order valence-corrected chi connectivity index (χ1v) is 11.4. The van der Waals surface area contributed by atoms with Gasteiger partial charge in [0.1, 0.15) is 6.04 Å². The topological polar surface area (TPSA) is 133 Å². The number of amides is 2. The van der Waals surface area contributed by atoms with Crippen molar-refractivity contribution in [3.63, 3.8) is 0 Å². The highest BCUT2D eigenvalue weighted by Crippen LogP contribution is 2.27. The summed E-state index contributed by atoms with van der Waals surface area (Å²) >= 11 is 0. The second kappa shape index (κ2) is 8.73. The van der Waals surface area contributed by atoms with Gasteiger partial charge in [0.25, 0.3) is 0 Å². The summed E-state index contributed by atoms with van der Waals surface area (Å²) in [7, 11) is 0. The third-order valence-electron chi connectivity index (χ3n) is 6.16. The van der Waals surface area contributed by atoms with Crippen molar-refractivity contribution in [2.75, 3.05) is 0 Å². The molecule has 6 rings (SSSR count). The zero-order chi connectivity index (χ0) is 24.6. The number of nitrogens with zero attached hydrogens (tertiary/aromatic N) is 4. The Morgan fingerprint density at radius 2 is 1.81 bits per heavy atom. The number of pyridine rings is 1. The fourth-order valence-electron chi connectivity index (χ4n) is 4.41. The van der Waals surface area contributed by atoms with Crippen LogP contribution in [0, 0.1) is 0 Å². The number of hydrogen-bond donors (Lipinski definition) is 1. The minimum Gasteiger partial charge on any atom is -0.408 e. The van der Waals surface area contributed by atoms with E-state index in [4.69, 9.17) is 8.94 Å². The predicted octanol–water partition coefficient (Wildman–Crippen LogP) is 3.28. The standard InChI is InChI=1S/C26H19N5O5/c32-22-7-5-19(25(33)28-22)31-20-12-15(4-6-21(20)35-26(31)34)13-23-29-24(30-36-23)18-3-1-2-17(14-18)16-8-10-27-11-9-16/h1-4,6,8-12,14,19H,5,7,13H2,(H,28,32,33). The van der Waals surface area contributed by atoms with E-state index in [9.17, 15) is 14.4 Å². The molecule has 0 saturated carbocycles. The number of carbonyl (C=O) groups excluding carboxylic acids is 2. The summed E-state index contributed by atoms with van der Waals surface area (Å²) in [6, 6.07) is 16.1. The van der Waals surface area contributed by atoms with Gasteiger partial charge in [-0.2, -0.15) is 4.98 Å². The van der Waals surface area contributed by atoms with E-state index in [1.54, 1.807) is 30.6 Å². The fourth-order valence-corrected chi connectivity index (χ4v) is 4.41. The van der Waals surface area contributed by atoms with Crippen LogP contribution in [-0.2, 0) is 16.0 Å². The number of carbonyl (C=O) groups is 2. The van der Waals surface area contributed by atoms with E-state index < -0.39 is 17.7 Å². The van der Waals surface area contributed by atoms with Crippen molar-refractivity contribution < 1.29 is 18.5 Å². The van der Waals surface area contributed by atoms with Crippen molar-refractivity contribution >= 4 is 22.9 Å². The van der Waals surface area contributed by atoms with Gasteiger partial charge < -0.3 is 8.94 Å². The van der Waals surface area contributed by atoms with E-state index in [0.717, 1.165) is 22.3 Å². The Balaban J connectivity index is 1.28. The van der Waals surface area contributed by atoms with E-state index in [0.29, 0.717) is 29.2 Å². The van der Waals surface area contributed by atoms with Crippen LogP contribution in [0.5, 0.6) is 0 Å². The average Bonchev–Trinajstić information content (AvgIpc) is 3.48. The number of nitrogens with one attached hydrogen (secondary N) is 1. The summed E-state index contributed by atoms with van der Waals surface area (Å²) in [6.07, 6.45) is 4.19. The maximum absolute atomic E-state index is 12.5. The van der Waals surface area contributed by atoms with E-state index >= 15 is 0 Å². The number of benzene rings is 2. The van der Waals surface area contributed by atoms with Crippen LogP contribution in [-0.4, -0.2) is 31.5 Å². The Morgan fingerprint density at radius 1 is 0.972 bits per heavy atom. The van der Waals surface area contributed by atoms with Crippen LogP contribution < -0.4 is 11.1 Å². The fraction of sp³-hybridized carbons (Fsp3) is 0.154. The number of fused-ring (bicyclic) bond motifs is 1. The molecule has 1 aliphatic heterocycles. The molecule has 1 unspecified atom stereocenters. The van der Waals surface area contributed by atoms with Gasteiger partial charge in [-0.05, 0) is 53.4 Å². The van der Waals surface area contributed by atoms with Crippen LogP contribution in [0.1, 0.15) is 30.3 Å². The summed E-state index contributed by atoms with van der Waals surface area (Å²) < 4.78 is 12.1. The zero-order valence-electron chi connectivity index (χ0n) is 18.9. The van der Waals surface area contributed by atoms with Crippen LogP contribution in [0.4, 0.5) is 0 Å². The Kier molecular flexibility index (Phi) is 5.25. The Morgan fingerprint density at radius 3 is 2.64 bits per heavy atom. The molecule has 0 radical (unpaired) electrons. The van der Waals surface area contributed by atoms with Gasteiger partial charge in [-0.25, -0.2) is 4.79 Å². The third kappa shape index (κ3) is 3.98. The Labute approximate surface area is 203 Å². The van der Waals surface area contributed by atoms with Crippen molar-refractivity contribution in [2.45, 2.75) is 25.3 Å². The molecule has 1 saturated heterocycles. The maximum Gasteiger partial charge on any atom is 0.420 e. The highest BCUT2D eigenvalue weighted by molar-refractivity contribution is 6.00. The molecule has 4 heterocycles. The molecule has 0 spiro atoms. The summed E-state index contributed by atoms with van der Waals surface area (Å²) in [5.41, 5.74) is 4.48. The molecule has 0 aliphatic carbocycles. The van der Waals surface area contributed by atoms with Gasteiger partial charge >= 0.3 is 5.76 Å². The summed E-state index contributed by atoms with van der Waals surface area (Å²) in [4.78, 5) is 45.0. The first-order chi connectivity index (χ1) is 17.5. The molecule has 2 amide bonds. The lowest BCUT2D eigenvalue weighted by molar-refractivity contribution is -0.135. The van der Waals surface area contributed by atoms with Crippen LogP contribution in [0.2, 0.25) is 0 Å². The quantitative estimate of drug-likeness (QED) is 0.378. The second-order valence-electron chi connectivity index (χ2n) is 8.51. The van der Waals surface area contributed by atoms with Gasteiger partial charge in [-0.3, -0.25) is 24.5 Å². The van der Waals surface area contributed by atoms with Crippen molar-refractivity contribution in [2.24, 2.45) is 0 Å². The molecule has 0 bridgehead atoms. The molecule has 10 heteroatoms. The van der Waals surface area contributed by atoms with Crippen LogP contribution >= 0.6 is 0 Å². The molecule has 178 valence electrons. The number of hydrogen-bond acceptors (Lipinski definition) is 8. The van der Waals surface area contributed by atoms with Crippen LogP contribution in [0.3, 0.4) is 0 Å². The SMILES string of the molecule is O=C1CCC(n2c(=O)oc3ccc(Cc4nc(-c5cccc(-c6ccncc6)c5)no4)cc32)C(=O)N1. The molecular weight excluding hydrogens is 462 g/mol. The number of imide groups is 1. The number of piperidine rings is 1. The summed E-state index contributed by atoms with van der Waals surface area (Å²) in [5, 5.41) is 6.42. The molecule has 36 heavy (non-hydrogen) atoms. The second-order valence-corrected chi connectivity index (χ2v) is 8.51. The van der Waals surface area contributed by atoms with Crippen molar-refractivity contribution in [1.29, 1.82) is 0 Å². The van der Waals surface area contributed by atoms with Crippen molar-refractivity contribution in [3.05, 3.63) is 89.0 Å². The predicted molar refractivity (Wildman–Crippen MR) is 128 cm³/mol. The Bertz CT molecular complexity index is 1670. The molecule has 5 aromatic rings. The van der Waals surface area contributed by atoms with Gasteiger partial charge in [0.15, 0.2) is 5.58 Å². The molecule has 2 aromatic carbocycles. The first kappa shape index (κ1) is 21.7. The lowest BCUT2D eigenvalue weighted by Crippen LogP contribution is -2.43. The van der Waals surface area contributed by atoms with Gasteiger partial charge in [-0.1, -0.05) is 29.4 Å². The molecule has 10 nitrogen and oxygen atoms in total. The molecule has 1 fully saturated rings. The first-order valence-electron chi connectivity index (χ1n) is 11.4. The highest BCUT2D eigenvalue weighted by atomic mass is 16.5. The van der Waals surface area contributed by atoms with Gasteiger partial charge in [-0.15, -0.1) is 0 Å². The van der Waals surface area contributed by atoms with Gasteiger partial charge in [0, 0.05) is 24.4 Å². The lowest BCUT2D eigenvalue weighted by atomic mass is 10.0. The number of aromatic nitrogens is 4. The average molecular weight is 481 g/mol. The molecular formula is C26H19N5O5. The largest absolute Gasteiger partial charge is 0.420 e. The minimum absolute atomic E-state index is 0.155. The van der Waals surface area contributed by atoms with Crippen molar-refractivity contribution in [1.82, 2.24) is 25.0 Å². The molecule has 1 N–H and O–H groups in total. The van der Waals surface area contributed by atoms with E-state index in [2.05, 4.69) is 20.4 Å². The third-order valence-corrected chi connectivity index (χ3v) is 6.16.